The minimum absolute atomic E-state index is 0.748. The van der Waals surface area contributed by atoms with E-state index in [9.17, 15) is 4.79 Å². The molecule has 2 aliphatic carbocycles. The average Bonchev–Trinajstić information content (AvgIpc) is 2.81. The van der Waals surface area contributed by atoms with Gasteiger partial charge in [0.1, 0.15) is 6.29 Å². The zero-order valence-electron chi connectivity index (χ0n) is 20.4. The summed E-state index contributed by atoms with van der Waals surface area (Å²) >= 11 is 0. The smallest absolute Gasteiger partial charge is 0.146 e. The molecule has 0 saturated heterocycles. The summed E-state index contributed by atoms with van der Waals surface area (Å²) in [6.45, 7) is 17.2. The lowest BCUT2D eigenvalue weighted by Gasteiger charge is -2.29. The van der Waals surface area contributed by atoms with Gasteiger partial charge >= 0.3 is 0 Å². The highest BCUT2D eigenvalue weighted by Gasteiger charge is 2.22. The molecule has 0 unspecified atom stereocenters. The fourth-order valence-electron chi connectivity index (χ4n) is 3.99. The van der Waals surface area contributed by atoms with E-state index in [1.807, 2.05) is 19.9 Å². The molecular formula is C28H48O. The lowest BCUT2D eigenvalue weighted by Crippen LogP contribution is -2.15. The Bertz CT molecular complexity index is 537. The molecule has 0 aromatic rings. The third kappa shape index (κ3) is 10.8. The van der Waals surface area contributed by atoms with Crippen molar-refractivity contribution < 1.29 is 4.79 Å². The SMILES string of the molecule is C=C(CC/C(=C\C)C1=CC=C(C=O)CC1)C1CCC(CC)CC1.CC.CCCC. The molecule has 0 amide bonds. The predicted octanol–water partition coefficient (Wildman–Crippen LogP) is 9.16. The van der Waals surface area contributed by atoms with Gasteiger partial charge in [0.25, 0.3) is 0 Å². The van der Waals surface area contributed by atoms with Crippen molar-refractivity contribution in [1.29, 1.82) is 0 Å². The predicted molar refractivity (Wildman–Crippen MR) is 131 cm³/mol. The summed E-state index contributed by atoms with van der Waals surface area (Å²) in [6, 6.07) is 0. The molecule has 0 aromatic heterocycles. The third-order valence-electron chi connectivity index (χ3n) is 6.31. The molecule has 1 saturated carbocycles. The van der Waals surface area contributed by atoms with Gasteiger partial charge in [0.05, 0.1) is 0 Å². The summed E-state index contributed by atoms with van der Waals surface area (Å²) in [6.07, 6.45) is 20.9. The van der Waals surface area contributed by atoms with Gasteiger partial charge in [-0.25, -0.2) is 0 Å². The Hall–Kier alpha value is -1.37. The van der Waals surface area contributed by atoms with E-state index in [4.69, 9.17) is 0 Å². The number of unbranched alkanes of at least 4 members (excludes halogenated alkanes) is 1. The fraction of sp³-hybridized carbons (Fsp3) is 0.679. The molecule has 1 fully saturated rings. The highest BCUT2D eigenvalue weighted by molar-refractivity contribution is 5.74. The van der Waals surface area contributed by atoms with Gasteiger partial charge in [0.2, 0.25) is 0 Å². The Morgan fingerprint density at radius 2 is 1.62 bits per heavy atom. The Morgan fingerprint density at radius 1 is 1.00 bits per heavy atom. The van der Waals surface area contributed by atoms with Crippen molar-refractivity contribution in [2.75, 3.05) is 0 Å². The maximum atomic E-state index is 10.8. The van der Waals surface area contributed by atoms with Crippen molar-refractivity contribution in [2.45, 2.75) is 112 Å². The summed E-state index contributed by atoms with van der Waals surface area (Å²) in [5.74, 6) is 1.70. The maximum absolute atomic E-state index is 10.8. The maximum Gasteiger partial charge on any atom is 0.146 e. The average molecular weight is 401 g/mol. The van der Waals surface area contributed by atoms with Gasteiger partial charge in [-0.15, -0.1) is 0 Å². The molecule has 1 nitrogen and oxygen atoms in total. The van der Waals surface area contributed by atoms with Crippen molar-refractivity contribution >= 4 is 6.29 Å². The second-order valence-electron chi connectivity index (χ2n) is 8.15. The summed E-state index contributed by atoms with van der Waals surface area (Å²) in [4.78, 5) is 10.8. The van der Waals surface area contributed by atoms with Gasteiger partial charge in [-0.3, -0.25) is 4.79 Å². The van der Waals surface area contributed by atoms with Crippen LogP contribution < -0.4 is 0 Å². The van der Waals surface area contributed by atoms with E-state index >= 15 is 0 Å². The van der Waals surface area contributed by atoms with Crippen molar-refractivity contribution in [2.24, 2.45) is 11.8 Å². The van der Waals surface area contributed by atoms with Crippen LogP contribution in [-0.2, 0) is 4.79 Å². The van der Waals surface area contributed by atoms with Crippen molar-refractivity contribution in [3.8, 4) is 0 Å². The summed E-state index contributed by atoms with van der Waals surface area (Å²) in [5.41, 5.74) is 5.22. The minimum atomic E-state index is 0.748. The Morgan fingerprint density at radius 3 is 2.03 bits per heavy atom. The van der Waals surface area contributed by atoms with Crippen molar-refractivity contribution in [1.82, 2.24) is 0 Å². The Labute approximate surface area is 182 Å². The number of rotatable bonds is 8. The zero-order valence-corrected chi connectivity index (χ0v) is 20.4. The first-order chi connectivity index (χ1) is 14.1. The zero-order chi connectivity index (χ0) is 22.1. The normalized spacial score (nSPS) is 21.5. The molecular weight excluding hydrogens is 352 g/mol. The first kappa shape index (κ1) is 27.6. The third-order valence-corrected chi connectivity index (χ3v) is 6.31. The van der Waals surface area contributed by atoms with Gasteiger partial charge < -0.3 is 0 Å². The van der Waals surface area contributed by atoms with Crippen LogP contribution in [0.15, 0.2) is 47.1 Å². The van der Waals surface area contributed by atoms with Gasteiger partial charge in [-0.2, -0.15) is 0 Å². The van der Waals surface area contributed by atoms with Crippen molar-refractivity contribution in [3.05, 3.63) is 47.1 Å². The van der Waals surface area contributed by atoms with E-state index in [1.165, 1.54) is 61.7 Å². The van der Waals surface area contributed by atoms with Crippen LogP contribution in [0.5, 0.6) is 0 Å². The monoisotopic (exact) mass is 400 g/mol. The van der Waals surface area contributed by atoms with Crippen LogP contribution >= 0.6 is 0 Å². The number of carbonyl (C=O) groups is 1. The standard InChI is InChI=1S/C22H32O.C4H10.C2H6/c1-4-18-7-12-21(13-8-18)17(3)6-11-20(5-2)22-14-9-19(16-23)10-15-22;1-3-4-2;1-2/h5,9,14,16,18,21H,3-4,6-8,10-13,15H2,1-2H3;3-4H2,1-2H3;1-2H3/b20-5+;;. The van der Waals surface area contributed by atoms with E-state index in [2.05, 4.69) is 46.4 Å². The molecule has 2 rings (SSSR count). The molecule has 0 bridgehead atoms. The molecule has 0 heterocycles. The topological polar surface area (TPSA) is 17.1 Å². The molecule has 0 aromatic carbocycles. The second kappa shape index (κ2) is 17.5. The van der Waals surface area contributed by atoms with Gasteiger partial charge in [-0.1, -0.05) is 84.3 Å². The molecule has 2 aliphatic rings. The molecule has 0 atom stereocenters. The summed E-state index contributed by atoms with van der Waals surface area (Å²) < 4.78 is 0. The van der Waals surface area contributed by atoms with E-state index in [0.717, 1.165) is 49.4 Å². The fourth-order valence-corrected chi connectivity index (χ4v) is 3.99. The number of allylic oxidation sites excluding steroid dienone is 7. The summed E-state index contributed by atoms with van der Waals surface area (Å²) in [7, 11) is 0. The number of aldehydes is 1. The van der Waals surface area contributed by atoms with Crippen LogP contribution in [0.4, 0.5) is 0 Å². The second-order valence-corrected chi connectivity index (χ2v) is 8.15. The highest BCUT2D eigenvalue weighted by atomic mass is 16.1. The van der Waals surface area contributed by atoms with Crippen LogP contribution in [0, 0.1) is 11.8 Å². The highest BCUT2D eigenvalue weighted by Crippen LogP contribution is 2.36. The lowest BCUT2D eigenvalue weighted by molar-refractivity contribution is -0.105. The van der Waals surface area contributed by atoms with Crippen molar-refractivity contribution in [3.63, 3.8) is 0 Å². The van der Waals surface area contributed by atoms with E-state index < -0.39 is 0 Å². The Balaban J connectivity index is 0.00000116. The van der Waals surface area contributed by atoms with Gasteiger partial charge in [0.15, 0.2) is 0 Å². The van der Waals surface area contributed by atoms with Crippen LogP contribution in [0.25, 0.3) is 0 Å². The van der Waals surface area contributed by atoms with Gasteiger partial charge in [-0.05, 0) is 86.8 Å². The molecule has 0 radical (unpaired) electrons. The van der Waals surface area contributed by atoms with Crippen LogP contribution in [0.1, 0.15) is 112 Å². The molecule has 29 heavy (non-hydrogen) atoms. The van der Waals surface area contributed by atoms with E-state index in [0.29, 0.717) is 0 Å². The molecule has 0 spiro atoms. The number of carbonyl (C=O) groups excluding carboxylic acids is 1. The van der Waals surface area contributed by atoms with Gasteiger partial charge in [0, 0.05) is 0 Å². The lowest BCUT2D eigenvalue weighted by atomic mass is 9.76. The van der Waals surface area contributed by atoms with Crippen LogP contribution in [0.3, 0.4) is 0 Å². The van der Waals surface area contributed by atoms with E-state index in [1.54, 1.807) is 0 Å². The molecule has 0 aliphatic heterocycles. The molecule has 0 N–H and O–H groups in total. The van der Waals surface area contributed by atoms with E-state index in [-0.39, 0.29) is 0 Å². The minimum Gasteiger partial charge on any atom is -0.298 e. The quantitative estimate of drug-likeness (QED) is 0.293. The molecule has 1 heteroatoms. The Kier molecular flexibility index (Phi) is 16.7. The van der Waals surface area contributed by atoms with Crippen LogP contribution in [-0.4, -0.2) is 6.29 Å². The molecule has 166 valence electrons. The summed E-state index contributed by atoms with van der Waals surface area (Å²) in [5, 5.41) is 0. The number of hydrogen-bond donors (Lipinski definition) is 0. The van der Waals surface area contributed by atoms with Crippen LogP contribution in [0.2, 0.25) is 0 Å². The number of hydrogen-bond acceptors (Lipinski definition) is 1. The first-order valence-electron chi connectivity index (χ1n) is 12.3. The largest absolute Gasteiger partial charge is 0.298 e. The first-order valence-corrected chi connectivity index (χ1v) is 12.3.